The van der Waals surface area contributed by atoms with E-state index in [-0.39, 0.29) is 11.6 Å². The van der Waals surface area contributed by atoms with Crippen molar-refractivity contribution in [2.24, 2.45) is 0 Å². The van der Waals surface area contributed by atoms with E-state index in [0.717, 1.165) is 0 Å². The zero-order valence-corrected chi connectivity index (χ0v) is 12.4. The minimum atomic E-state index is -1.15. The Kier molecular flexibility index (Phi) is 4.50. The summed E-state index contributed by atoms with van der Waals surface area (Å²) < 4.78 is 1.27. The van der Waals surface area contributed by atoms with E-state index in [1.54, 1.807) is 19.1 Å². The van der Waals surface area contributed by atoms with Crippen LogP contribution in [0.5, 0.6) is 0 Å². The Morgan fingerprint density at radius 1 is 1.29 bits per heavy atom. The first-order chi connectivity index (χ1) is 9.88. The summed E-state index contributed by atoms with van der Waals surface area (Å²) >= 11 is 11.7. The molecule has 21 heavy (non-hydrogen) atoms. The molecule has 1 heterocycles. The highest BCUT2D eigenvalue weighted by molar-refractivity contribution is 6.42. The highest BCUT2D eigenvalue weighted by Crippen LogP contribution is 2.25. The van der Waals surface area contributed by atoms with Crippen LogP contribution in [0.2, 0.25) is 10.0 Å². The van der Waals surface area contributed by atoms with Crippen LogP contribution in [0.1, 0.15) is 23.5 Å². The summed E-state index contributed by atoms with van der Waals surface area (Å²) in [5, 5.41) is 16.0. The summed E-state index contributed by atoms with van der Waals surface area (Å²) in [5.41, 5.74) is 0.371. The Bertz CT molecular complexity index is 700. The van der Waals surface area contributed by atoms with Gasteiger partial charge in [0.25, 0.3) is 0 Å². The van der Waals surface area contributed by atoms with Crippen LogP contribution >= 0.6 is 23.2 Å². The maximum Gasteiger partial charge on any atom is 0.356 e. The van der Waals surface area contributed by atoms with Gasteiger partial charge in [-0.05, 0) is 31.2 Å². The van der Waals surface area contributed by atoms with Gasteiger partial charge in [0.05, 0.1) is 10.0 Å². The number of hydrogen-bond acceptors (Lipinski definition) is 3. The average molecular weight is 328 g/mol. The normalized spacial score (nSPS) is 12.0. The van der Waals surface area contributed by atoms with E-state index in [1.807, 2.05) is 0 Å². The van der Waals surface area contributed by atoms with E-state index in [2.05, 4.69) is 10.4 Å². The molecule has 1 amide bonds. The maximum atomic E-state index is 12.1. The number of halogens is 2. The molecule has 0 saturated heterocycles. The third-order valence-electron chi connectivity index (χ3n) is 2.79. The highest BCUT2D eigenvalue weighted by Gasteiger charge is 2.18. The molecule has 1 aromatic carbocycles. The van der Waals surface area contributed by atoms with Gasteiger partial charge in [-0.15, -0.1) is 0 Å². The van der Waals surface area contributed by atoms with Gasteiger partial charge in [0.1, 0.15) is 6.04 Å². The van der Waals surface area contributed by atoms with E-state index < -0.39 is 12.0 Å². The van der Waals surface area contributed by atoms with Gasteiger partial charge >= 0.3 is 5.97 Å². The number of carboxylic acid groups (broad SMARTS) is 1. The van der Waals surface area contributed by atoms with E-state index in [9.17, 15) is 9.59 Å². The van der Waals surface area contributed by atoms with Crippen molar-refractivity contribution in [2.75, 3.05) is 5.32 Å². The predicted molar refractivity (Wildman–Crippen MR) is 79.0 cm³/mol. The predicted octanol–water partition coefficient (Wildman–Crippen LogP) is 3.09. The number of carboxylic acids is 1. The van der Waals surface area contributed by atoms with Crippen molar-refractivity contribution in [3.63, 3.8) is 0 Å². The molecular weight excluding hydrogens is 317 g/mol. The van der Waals surface area contributed by atoms with Gasteiger partial charge in [0, 0.05) is 11.9 Å². The maximum absolute atomic E-state index is 12.1. The number of carbonyl (C=O) groups is 2. The molecule has 0 saturated carbocycles. The van der Waals surface area contributed by atoms with Crippen molar-refractivity contribution in [2.45, 2.75) is 13.0 Å². The van der Waals surface area contributed by atoms with Gasteiger partial charge in [-0.25, -0.2) is 4.79 Å². The van der Waals surface area contributed by atoms with E-state index in [1.165, 1.54) is 23.0 Å². The molecule has 0 fully saturated rings. The minimum Gasteiger partial charge on any atom is -0.476 e. The zero-order valence-electron chi connectivity index (χ0n) is 10.9. The fourth-order valence-corrected chi connectivity index (χ4v) is 1.91. The van der Waals surface area contributed by atoms with Gasteiger partial charge in [0.15, 0.2) is 5.69 Å². The number of amides is 1. The standard InChI is InChI=1S/C13H11Cl2N3O3/c1-7(18-5-4-11(17-18)13(20)21)12(19)16-8-2-3-9(14)10(15)6-8/h2-7H,1H3,(H,16,19)(H,20,21). The molecule has 2 aromatic rings. The summed E-state index contributed by atoms with van der Waals surface area (Å²) in [5.74, 6) is -1.50. The Morgan fingerprint density at radius 3 is 2.57 bits per heavy atom. The lowest BCUT2D eigenvalue weighted by Crippen LogP contribution is -2.24. The van der Waals surface area contributed by atoms with Gasteiger partial charge in [-0.3, -0.25) is 9.48 Å². The molecule has 1 aromatic heterocycles. The van der Waals surface area contributed by atoms with E-state index in [0.29, 0.717) is 15.7 Å². The van der Waals surface area contributed by atoms with Gasteiger partial charge in [0.2, 0.25) is 5.91 Å². The molecule has 0 radical (unpaired) electrons. The number of rotatable bonds is 4. The lowest BCUT2D eigenvalue weighted by Gasteiger charge is -2.13. The second kappa shape index (κ2) is 6.15. The first-order valence-electron chi connectivity index (χ1n) is 5.93. The fourth-order valence-electron chi connectivity index (χ4n) is 1.61. The minimum absolute atomic E-state index is 0.121. The number of nitrogens with zero attached hydrogens (tertiary/aromatic N) is 2. The third kappa shape index (κ3) is 3.53. The monoisotopic (exact) mass is 327 g/mol. The van der Waals surface area contributed by atoms with Crippen molar-refractivity contribution >= 4 is 40.8 Å². The number of carbonyl (C=O) groups excluding carboxylic acids is 1. The molecular formula is C13H11Cl2N3O3. The summed E-state index contributed by atoms with van der Waals surface area (Å²) in [7, 11) is 0. The average Bonchev–Trinajstić information content (AvgIpc) is 2.92. The van der Waals surface area contributed by atoms with Crippen LogP contribution in [0.15, 0.2) is 30.5 Å². The molecule has 0 aliphatic carbocycles. The molecule has 6 nitrogen and oxygen atoms in total. The van der Waals surface area contributed by atoms with Crippen molar-refractivity contribution in [1.29, 1.82) is 0 Å². The van der Waals surface area contributed by atoms with Crippen LogP contribution in [0.3, 0.4) is 0 Å². The zero-order chi connectivity index (χ0) is 15.6. The summed E-state index contributed by atoms with van der Waals surface area (Å²) in [4.78, 5) is 22.9. The van der Waals surface area contributed by atoms with Crippen LogP contribution < -0.4 is 5.32 Å². The number of anilines is 1. The van der Waals surface area contributed by atoms with Crippen LogP contribution in [0.4, 0.5) is 5.69 Å². The molecule has 0 aliphatic heterocycles. The second-order valence-corrected chi connectivity index (χ2v) is 5.09. The van der Waals surface area contributed by atoms with Gasteiger partial charge < -0.3 is 10.4 Å². The van der Waals surface area contributed by atoms with Crippen LogP contribution in [0.25, 0.3) is 0 Å². The third-order valence-corrected chi connectivity index (χ3v) is 3.53. The first-order valence-corrected chi connectivity index (χ1v) is 6.68. The number of hydrogen-bond donors (Lipinski definition) is 2. The SMILES string of the molecule is CC(C(=O)Nc1ccc(Cl)c(Cl)c1)n1ccc(C(=O)O)n1. The molecule has 0 bridgehead atoms. The summed E-state index contributed by atoms with van der Waals surface area (Å²) in [6.45, 7) is 1.60. The molecule has 0 spiro atoms. The number of nitrogens with one attached hydrogen (secondary N) is 1. The Hall–Kier alpha value is -2.05. The van der Waals surface area contributed by atoms with Crippen molar-refractivity contribution < 1.29 is 14.7 Å². The Balaban J connectivity index is 2.11. The first kappa shape index (κ1) is 15.3. The summed E-state index contributed by atoms with van der Waals surface area (Å²) in [6, 6.07) is 5.36. The molecule has 8 heteroatoms. The Morgan fingerprint density at radius 2 is 2.00 bits per heavy atom. The summed E-state index contributed by atoms with van der Waals surface area (Å²) in [6.07, 6.45) is 1.43. The number of benzene rings is 1. The number of aromatic carboxylic acids is 1. The smallest absolute Gasteiger partial charge is 0.356 e. The fraction of sp³-hybridized carbons (Fsp3) is 0.154. The van der Waals surface area contributed by atoms with Crippen LogP contribution in [-0.2, 0) is 4.79 Å². The second-order valence-electron chi connectivity index (χ2n) is 4.28. The van der Waals surface area contributed by atoms with Crippen LogP contribution in [-0.4, -0.2) is 26.8 Å². The topological polar surface area (TPSA) is 84.2 Å². The molecule has 1 atom stereocenters. The van der Waals surface area contributed by atoms with Crippen molar-refractivity contribution in [1.82, 2.24) is 9.78 Å². The van der Waals surface area contributed by atoms with Crippen LogP contribution in [0, 0.1) is 0 Å². The molecule has 2 N–H and O–H groups in total. The van der Waals surface area contributed by atoms with Gasteiger partial charge in [-0.2, -0.15) is 5.10 Å². The molecule has 110 valence electrons. The Labute approximate surface area is 130 Å². The lowest BCUT2D eigenvalue weighted by molar-refractivity contribution is -0.119. The quantitative estimate of drug-likeness (QED) is 0.903. The largest absolute Gasteiger partial charge is 0.476 e. The van der Waals surface area contributed by atoms with Gasteiger partial charge in [-0.1, -0.05) is 23.2 Å². The highest BCUT2D eigenvalue weighted by atomic mass is 35.5. The van der Waals surface area contributed by atoms with Crippen molar-refractivity contribution in [3.05, 3.63) is 46.2 Å². The van der Waals surface area contributed by atoms with Crippen molar-refractivity contribution in [3.8, 4) is 0 Å². The molecule has 1 unspecified atom stereocenters. The van der Waals surface area contributed by atoms with E-state index in [4.69, 9.17) is 28.3 Å². The molecule has 2 rings (SSSR count). The lowest BCUT2D eigenvalue weighted by atomic mass is 10.2. The number of aromatic nitrogens is 2. The molecule has 0 aliphatic rings. The van der Waals surface area contributed by atoms with E-state index >= 15 is 0 Å².